The molecule has 20 heavy (non-hydrogen) atoms. The molecule has 0 radical (unpaired) electrons. The van der Waals surface area contributed by atoms with E-state index in [-0.39, 0.29) is 6.04 Å². The van der Waals surface area contributed by atoms with E-state index >= 15 is 0 Å². The number of nitrogens with two attached hydrogens (primary N) is 1. The van der Waals surface area contributed by atoms with Crippen molar-refractivity contribution in [3.05, 3.63) is 47.8 Å². The van der Waals surface area contributed by atoms with Crippen LogP contribution in [-0.4, -0.2) is 15.7 Å². The number of hydrogen-bond donors (Lipinski definition) is 2. The van der Waals surface area contributed by atoms with Gasteiger partial charge in [-0.05, 0) is 38.5 Å². The first-order chi connectivity index (χ1) is 9.47. The fourth-order valence-corrected chi connectivity index (χ4v) is 2.00. The topological polar surface area (TPSA) is 72.9 Å². The average Bonchev–Trinajstić information content (AvgIpc) is 2.85. The predicted octanol–water partition coefficient (Wildman–Crippen LogP) is 2.41. The van der Waals surface area contributed by atoms with Crippen molar-refractivity contribution in [3.8, 4) is 0 Å². The van der Waals surface area contributed by atoms with E-state index in [0.717, 1.165) is 16.8 Å². The highest BCUT2D eigenvalue weighted by Crippen LogP contribution is 2.20. The van der Waals surface area contributed by atoms with Gasteiger partial charge >= 0.3 is 0 Å². The lowest BCUT2D eigenvalue weighted by Crippen LogP contribution is -2.27. The monoisotopic (exact) mass is 272 g/mol. The predicted molar refractivity (Wildman–Crippen MR) is 79.3 cm³/mol. The molecule has 5 nitrogen and oxygen atoms in total. The van der Waals surface area contributed by atoms with Crippen LogP contribution in [0.5, 0.6) is 0 Å². The molecular formula is C15H20N4O. The van der Waals surface area contributed by atoms with Gasteiger partial charge in [-0.1, -0.05) is 12.1 Å². The largest absolute Gasteiger partial charge is 0.370 e. The number of nitrogens with one attached hydrogen (secondary N) is 1. The van der Waals surface area contributed by atoms with E-state index in [4.69, 9.17) is 5.73 Å². The molecule has 1 aromatic carbocycles. The van der Waals surface area contributed by atoms with E-state index in [1.807, 2.05) is 55.9 Å². The van der Waals surface area contributed by atoms with Gasteiger partial charge in [0.05, 0.1) is 6.20 Å². The molecule has 1 aromatic heterocycles. The summed E-state index contributed by atoms with van der Waals surface area (Å²) in [6, 6.07) is 7.49. The highest BCUT2D eigenvalue weighted by molar-refractivity contribution is 5.84. The Bertz CT molecular complexity index is 603. The SMILES string of the molecule is Cc1cccc(NC(C(N)=O)c2cnn(C(C)C)c2)c1. The van der Waals surface area contributed by atoms with Gasteiger partial charge in [-0.2, -0.15) is 5.10 Å². The van der Waals surface area contributed by atoms with Crippen molar-refractivity contribution in [2.75, 3.05) is 5.32 Å². The number of hydrogen-bond acceptors (Lipinski definition) is 3. The Morgan fingerprint density at radius 2 is 2.15 bits per heavy atom. The third-order valence-electron chi connectivity index (χ3n) is 3.10. The Morgan fingerprint density at radius 1 is 1.40 bits per heavy atom. The normalized spacial score (nSPS) is 12.4. The number of aromatic nitrogens is 2. The van der Waals surface area contributed by atoms with Crippen molar-refractivity contribution in [2.24, 2.45) is 5.73 Å². The minimum atomic E-state index is -0.579. The van der Waals surface area contributed by atoms with Crippen LogP contribution in [0.2, 0.25) is 0 Å². The summed E-state index contributed by atoms with van der Waals surface area (Å²) < 4.78 is 1.81. The van der Waals surface area contributed by atoms with Crippen LogP contribution in [0.15, 0.2) is 36.7 Å². The molecule has 1 heterocycles. The molecule has 0 saturated carbocycles. The second kappa shape index (κ2) is 5.77. The van der Waals surface area contributed by atoms with Gasteiger partial charge in [0.1, 0.15) is 6.04 Å². The summed E-state index contributed by atoms with van der Waals surface area (Å²) in [5, 5.41) is 7.41. The second-order valence-corrected chi connectivity index (χ2v) is 5.20. The van der Waals surface area contributed by atoms with Crippen molar-refractivity contribution < 1.29 is 4.79 Å². The minimum Gasteiger partial charge on any atom is -0.370 e. The first-order valence-electron chi connectivity index (χ1n) is 6.64. The molecule has 0 saturated heterocycles. The molecule has 1 unspecified atom stereocenters. The number of primary amides is 1. The minimum absolute atomic E-state index is 0.247. The van der Waals surface area contributed by atoms with Gasteiger partial charge in [0, 0.05) is 23.5 Å². The molecule has 0 fully saturated rings. The summed E-state index contributed by atoms with van der Waals surface area (Å²) in [5.41, 5.74) is 8.26. The number of carbonyl (C=O) groups excluding carboxylic acids is 1. The number of benzene rings is 1. The van der Waals surface area contributed by atoms with Crippen molar-refractivity contribution in [1.82, 2.24) is 9.78 Å². The molecule has 1 atom stereocenters. The Balaban J connectivity index is 2.24. The van der Waals surface area contributed by atoms with Crippen molar-refractivity contribution in [3.63, 3.8) is 0 Å². The zero-order valence-corrected chi connectivity index (χ0v) is 12.0. The van der Waals surface area contributed by atoms with Crippen LogP contribution in [0, 0.1) is 6.92 Å². The summed E-state index contributed by atoms with van der Waals surface area (Å²) in [6.45, 7) is 6.06. The van der Waals surface area contributed by atoms with Crippen molar-refractivity contribution >= 4 is 11.6 Å². The van der Waals surface area contributed by atoms with E-state index < -0.39 is 11.9 Å². The molecule has 0 aliphatic heterocycles. The maximum Gasteiger partial charge on any atom is 0.244 e. The standard InChI is InChI=1S/C15H20N4O/c1-10(2)19-9-12(8-17-19)14(15(16)20)18-13-6-4-5-11(3)7-13/h4-10,14,18H,1-3H3,(H2,16,20). The molecule has 3 N–H and O–H groups in total. The zero-order valence-electron chi connectivity index (χ0n) is 12.0. The maximum absolute atomic E-state index is 11.7. The number of amides is 1. The lowest BCUT2D eigenvalue weighted by atomic mass is 10.1. The molecule has 2 rings (SSSR count). The molecule has 0 aliphatic carbocycles. The highest BCUT2D eigenvalue weighted by atomic mass is 16.1. The van der Waals surface area contributed by atoms with E-state index in [9.17, 15) is 4.79 Å². The van der Waals surface area contributed by atoms with Crippen LogP contribution in [0.4, 0.5) is 5.69 Å². The van der Waals surface area contributed by atoms with Crippen LogP contribution in [0.25, 0.3) is 0 Å². The molecule has 5 heteroatoms. The highest BCUT2D eigenvalue weighted by Gasteiger charge is 2.20. The molecule has 0 spiro atoms. The number of aryl methyl sites for hydroxylation is 1. The molecule has 106 valence electrons. The van der Waals surface area contributed by atoms with Crippen LogP contribution in [0.3, 0.4) is 0 Å². The zero-order chi connectivity index (χ0) is 14.7. The van der Waals surface area contributed by atoms with Crippen LogP contribution >= 0.6 is 0 Å². The summed E-state index contributed by atoms with van der Waals surface area (Å²) in [7, 11) is 0. The fraction of sp³-hybridized carbons (Fsp3) is 0.333. The Labute approximate surface area is 118 Å². The fourth-order valence-electron chi connectivity index (χ4n) is 2.00. The van der Waals surface area contributed by atoms with Gasteiger partial charge in [-0.3, -0.25) is 9.48 Å². The lowest BCUT2D eigenvalue weighted by Gasteiger charge is -2.15. The van der Waals surface area contributed by atoms with Gasteiger partial charge in [0.15, 0.2) is 0 Å². The molecule has 1 amide bonds. The van der Waals surface area contributed by atoms with Gasteiger partial charge in [0.2, 0.25) is 5.91 Å². The number of rotatable bonds is 5. The Kier molecular flexibility index (Phi) is 4.08. The first-order valence-corrected chi connectivity index (χ1v) is 6.64. The first kappa shape index (κ1) is 14.1. The average molecular weight is 272 g/mol. The molecule has 0 aliphatic rings. The molecule has 0 bridgehead atoms. The third-order valence-corrected chi connectivity index (χ3v) is 3.10. The van der Waals surface area contributed by atoms with Crippen molar-refractivity contribution in [2.45, 2.75) is 32.9 Å². The molecular weight excluding hydrogens is 252 g/mol. The van der Waals surface area contributed by atoms with E-state index in [1.54, 1.807) is 6.20 Å². The number of carbonyl (C=O) groups is 1. The van der Waals surface area contributed by atoms with Crippen molar-refractivity contribution in [1.29, 1.82) is 0 Å². The van der Waals surface area contributed by atoms with E-state index in [2.05, 4.69) is 10.4 Å². The number of anilines is 1. The smallest absolute Gasteiger partial charge is 0.244 e. The summed E-state index contributed by atoms with van der Waals surface area (Å²) >= 11 is 0. The third kappa shape index (κ3) is 3.17. The second-order valence-electron chi connectivity index (χ2n) is 5.20. The lowest BCUT2D eigenvalue weighted by molar-refractivity contribution is -0.118. The summed E-state index contributed by atoms with van der Waals surface area (Å²) in [6.07, 6.45) is 3.53. The quantitative estimate of drug-likeness (QED) is 0.878. The van der Waals surface area contributed by atoms with Crippen LogP contribution < -0.4 is 11.1 Å². The maximum atomic E-state index is 11.7. The molecule has 2 aromatic rings. The number of nitrogens with zero attached hydrogens (tertiary/aromatic N) is 2. The Hall–Kier alpha value is -2.30. The van der Waals surface area contributed by atoms with Gasteiger partial charge < -0.3 is 11.1 Å². The Morgan fingerprint density at radius 3 is 2.70 bits per heavy atom. The van der Waals surface area contributed by atoms with Gasteiger partial charge in [-0.15, -0.1) is 0 Å². The summed E-state index contributed by atoms with van der Waals surface area (Å²) in [4.78, 5) is 11.7. The summed E-state index contributed by atoms with van der Waals surface area (Å²) in [5.74, 6) is -0.421. The van der Waals surface area contributed by atoms with E-state index in [1.165, 1.54) is 0 Å². The van der Waals surface area contributed by atoms with Crippen LogP contribution in [0.1, 0.15) is 37.1 Å². The van der Waals surface area contributed by atoms with Gasteiger partial charge in [0.25, 0.3) is 0 Å². The van der Waals surface area contributed by atoms with Crippen LogP contribution in [-0.2, 0) is 4.79 Å². The van der Waals surface area contributed by atoms with E-state index in [0.29, 0.717) is 0 Å². The van der Waals surface area contributed by atoms with Gasteiger partial charge in [-0.25, -0.2) is 0 Å².